The van der Waals surface area contributed by atoms with E-state index in [0.29, 0.717) is 39.5 Å². The van der Waals surface area contributed by atoms with Gasteiger partial charge in [0, 0.05) is 18.7 Å². The molecule has 7 heteroatoms. The summed E-state index contributed by atoms with van der Waals surface area (Å²) in [6.07, 6.45) is 4.12. The van der Waals surface area contributed by atoms with Crippen LogP contribution in [0.1, 0.15) is 59.7 Å². The number of rotatable bonds is 5. The monoisotopic (exact) mass is 425 g/mol. The molecule has 0 spiro atoms. The topological polar surface area (TPSA) is 73.2 Å². The molecule has 0 unspecified atom stereocenters. The van der Waals surface area contributed by atoms with Crippen molar-refractivity contribution >= 4 is 33.1 Å². The van der Waals surface area contributed by atoms with Gasteiger partial charge in [0.05, 0.1) is 23.0 Å². The SMILES string of the molecule is Cc1c(C(=O)Nc2cccc(COC(C)C)c2)sc2nc3n(c(=O)c12)CCCCC3. The van der Waals surface area contributed by atoms with Crippen LogP contribution in [0, 0.1) is 6.92 Å². The van der Waals surface area contributed by atoms with Crippen LogP contribution in [0.25, 0.3) is 10.2 Å². The minimum absolute atomic E-state index is 0.0162. The third-order valence-electron chi connectivity index (χ3n) is 5.39. The number of aromatic nitrogens is 2. The normalized spacial score (nSPS) is 14.0. The first-order valence-corrected chi connectivity index (χ1v) is 11.3. The molecule has 3 aromatic rings. The van der Waals surface area contributed by atoms with E-state index in [4.69, 9.17) is 9.72 Å². The number of hydrogen-bond donors (Lipinski definition) is 1. The molecule has 1 aliphatic heterocycles. The number of ether oxygens (including phenoxy) is 1. The number of amides is 1. The molecule has 1 amide bonds. The van der Waals surface area contributed by atoms with Crippen LogP contribution >= 0.6 is 11.3 Å². The van der Waals surface area contributed by atoms with Crippen molar-refractivity contribution in [1.82, 2.24) is 9.55 Å². The van der Waals surface area contributed by atoms with Gasteiger partial charge in [-0.3, -0.25) is 14.2 Å². The Kier molecular flexibility index (Phi) is 6.01. The average Bonchev–Trinajstić information content (AvgIpc) is 2.88. The van der Waals surface area contributed by atoms with E-state index in [1.165, 1.54) is 11.3 Å². The van der Waals surface area contributed by atoms with Crippen molar-refractivity contribution in [2.24, 2.45) is 0 Å². The summed E-state index contributed by atoms with van der Waals surface area (Å²) in [7, 11) is 0. The van der Waals surface area contributed by atoms with Gasteiger partial charge in [-0.15, -0.1) is 11.3 Å². The van der Waals surface area contributed by atoms with Gasteiger partial charge in [-0.1, -0.05) is 18.6 Å². The van der Waals surface area contributed by atoms with Crippen LogP contribution in [-0.4, -0.2) is 21.6 Å². The molecule has 1 N–H and O–H groups in total. The van der Waals surface area contributed by atoms with E-state index in [0.717, 1.165) is 37.1 Å². The van der Waals surface area contributed by atoms with Gasteiger partial charge >= 0.3 is 0 Å². The van der Waals surface area contributed by atoms with Crippen molar-refractivity contribution in [2.75, 3.05) is 5.32 Å². The highest BCUT2D eigenvalue weighted by atomic mass is 32.1. The molecule has 1 aliphatic rings. The van der Waals surface area contributed by atoms with Crippen LogP contribution in [-0.2, 0) is 24.3 Å². The second-order valence-corrected chi connectivity index (χ2v) is 9.05. The summed E-state index contributed by atoms with van der Waals surface area (Å²) in [6, 6.07) is 7.64. The van der Waals surface area contributed by atoms with Crippen LogP contribution in [0.4, 0.5) is 5.69 Å². The summed E-state index contributed by atoms with van der Waals surface area (Å²) in [5, 5.41) is 3.54. The molecule has 0 fully saturated rings. The Morgan fingerprint density at radius 3 is 2.93 bits per heavy atom. The number of thiophene rings is 1. The van der Waals surface area contributed by atoms with Crippen LogP contribution in [0.2, 0.25) is 0 Å². The van der Waals surface area contributed by atoms with E-state index in [-0.39, 0.29) is 17.6 Å². The van der Waals surface area contributed by atoms with Crippen LogP contribution in [0.3, 0.4) is 0 Å². The number of hydrogen-bond acceptors (Lipinski definition) is 5. The van der Waals surface area contributed by atoms with E-state index in [9.17, 15) is 9.59 Å². The Hall–Kier alpha value is -2.51. The van der Waals surface area contributed by atoms with Crippen molar-refractivity contribution in [3.8, 4) is 0 Å². The number of aryl methyl sites for hydroxylation is 2. The molecule has 30 heavy (non-hydrogen) atoms. The molecule has 6 nitrogen and oxygen atoms in total. The van der Waals surface area contributed by atoms with Gasteiger partial charge in [-0.05, 0) is 56.9 Å². The molecule has 0 atom stereocenters. The molecule has 158 valence electrons. The second-order valence-electron chi connectivity index (χ2n) is 8.05. The average molecular weight is 426 g/mol. The molecule has 0 aliphatic carbocycles. The fourth-order valence-electron chi connectivity index (χ4n) is 3.82. The van der Waals surface area contributed by atoms with Crippen molar-refractivity contribution in [3.05, 3.63) is 56.4 Å². The third-order valence-corrected chi connectivity index (χ3v) is 6.57. The molecule has 3 heterocycles. The lowest BCUT2D eigenvalue weighted by atomic mass is 10.2. The van der Waals surface area contributed by atoms with Gasteiger partial charge in [-0.2, -0.15) is 0 Å². The number of fused-ring (bicyclic) bond motifs is 2. The maximum absolute atomic E-state index is 13.1. The maximum Gasteiger partial charge on any atom is 0.266 e. The second kappa shape index (κ2) is 8.70. The van der Waals surface area contributed by atoms with Crippen molar-refractivity contribution in [1.29, 1.82) is 0 Å². The zero-order valence-electron chi connectivity index (χ0n) is 17.7. The molecule has 0 saturated carbocycles. The number of anilines is 1. The molecule has 0 bridgehead atoms. The van der Waals surface area contributed by atoms with Crippen molar-refractivity contribution in [2.45, 2.75) is 65.7 Å². The zero-order chi connectivity index (χ0) is 21.3. The fourth-order valence-corrected chi connectivity index (χ4v) is 4.90. The maximum atomic E-state index is 13.1. The third kappa shape index (κ3) is 4.18. The summed E-state index contributed by atoms with van der Waals surface area (Å²) in [5.74, 6) is 0.632. The summed E-state index contributed by atoms with van der Waals surface area (Å²) >= 11 is 1.30. The molecular formula is C23H27N3O3S. The Bertz CT molecular complexity index is 1150. The Morgan fingerprint density at radius 1 is 1.30 bits per heavy atom. The largest absolute Gasteiger partial charge is 0.374 e. The van der Waals surface area contributed by atoms with Crippen LogP contribution < -0.4 is 10.9 Å². The Balaban J connectivity index is 1.63. The number of nitrogens with zero attached hydrogens (tertiary/aromatic N) is 2. The summed E-state index contributed by atoms with van der Waals surface area (Å²) in [6.45, 7) is 7.03. The highest BCUT2D eigenvalue weighted by molar-refractivity contribution is 7.20. The van der Waals surface area contributed by atoms with E-state index in [2.05, 4.69) is 5.32 Å². The van der Waals surface area contributed by atoms with Crippen molar-refractivity contribution in [3.63, 3.8) is 0 Å². The van der Waals surface area contributed by atoms with Crippen LogP contribution in [0.5, 0.6) is 0 Å². The number of carbonyl (C=O) groups excluding carboxylic acids is 1. The zero-order valence-corrected chi connectivity index (χ0v) is 18.5. The van der Waals surface area contributed by atoms with Crippen molar-refractivity contribution < 1.29 is 9.53 Å². The predicted molar refractivity (Wildman–Crippen MR) is 120 cm³/mol. The number of nitrogens with one attached hydrogen (secondary N) is 1. The highest BCUT2D eigenvalue weighted by Gasteiger charge is 2.22. The van der Waals surface area contributed by atoms with Gasteiger partial charge in [0.2, 0.25) is 0 Å². The van der Waals surface area contributed by atoms with Gasteiger partial charge in [0.1, 0.15) is 10.7 Å². The number of benzene rings is 1. The molecule has 2 aromatic heterocycles. The van der Waals surface area contributed by atoms with Gasteiger partial charge in [0.25, 0.3) is 11.5 Å². The minimum Gasteiger partial charge on any atom is -0.374 e. The molecule has 0 saturated heterocycles. The molecule has 1 aromatic carbocycles. The molecule has 4 rings (SSSR count). The van der Waals surface area contributed by atoms with E-state index >= 15 is 0 Å². The van der Waals surface area contributed by atoms with E-state index in [1.807, 2.05) is 45.0 Å². The van der Waals surface area contributed by atoms with Gasteiger partial charge in [-0.25, -0.2) is 4.98 Å². The predicted octanol–water partition coefficient (Wildman–Crippen LogP) is 4.67. The fraction of sp³-hybridized carbons (Fsp3) is 0.435. The first-order chi connectivity index (χ1) is 14.4. The summed E-state index contributed by atoms with van der Waals surface area (Å²) < 4.78 is 7.45. The standard InChI is InChI=1S/C23H27N3O3S/c1-14(2)29-13-16-8-7-9-17(12-16)24-21(27)20-15(3)19-22(30-20)25-18-10-5-4-6-11-26(18)23(19)28/h7-9,12,14H,4-6,10-11,13H2,1-3H3,(H,24,27). The smallest absolute Gasteiger partial charge is 0.266 e. The first-order valence-electron chi connectivity index (χ1n) is 10.5. The molecular weight excluding hydrogens is 398 g/mol. The summed E-state index contributed by atoms with van der Waals surface area (Å²) in [5.41, 5.74) is 2.40. The highest BCUT2D eigenvalue weighted by Crippen LogP contribution is 2.29. The lowest BCUT2D eigenvalue weighted by Gasteiger charge is -2.10. The summed E-state index contributed by atoms with van der Waals surface area (Å²) in [4.78, 5) is 32.0. The Labute approximate surface area is 179 Å². The Morgan fingerprint density at radius 2 is 2.13 bits per heavy atom. The van der Waals surface area contributed by atoms with Gasteiger partial charge in [0.15, 0.2) is 0 Å². The minimum atomic E-state index is -0.211. The van der Waals surface area contributed by atoms with E-state index in [1.54, 1.807) is 4.57 Å². The number of carbonyl (C=O) groups is 1. The first kappa shape index (κ1) is 20.8. The lowest BCUT2D eigenvalue weighted by molar-refractivity contribution is 0.0657. The lowest BCUT2D eigenvalue weighted by Crippen LogP contribution is -2.24. The van der Waals surface area contributed by atoms with Crippen LogP contribution in [0.15, 0.2) is 29.1 Å². The quantitative estimate of drug-likeness (QED) is 0.645. The van der Waals surface area contributed by atoms with E-state index < -0.39 is 0 Å². The molecule has 0 radical (unpaired) electrons. The van der Waals surface area contributed by atoms with Gasteiger partial charge < -0.3 is 10.1 Å².